The second-order valence-electron chi connectivity index (χ2n) is 6.65. The second-order valence-corrected chi connectivity index (χ2v) is 6.65. The van der Waals surface area contributed by atoms with Crippen molar-refractivity contribution in [3.8, 4) is 11.6 Å². The summed E-state index contributed by atoms with van der Waals surface area (Å²) >= 11 is 0. The zero-order chi connectivity index (χ0) is 18.4. The van der Waals surface area contributed by atoms with Gasteiger partial charge in [0.1, 0.15) is 12.4 Å². The van der Waals surface area contributed by atoms with E-state index >= 15 is 0 Å². The Morgan fingerprint density at radius 2 is 2.19 bits per heavy atom. The molecule has 1 aliphatic carbocycles. The van der Waals surface area contributed by atoms with E-state index in [0.717, 1.165) is 16.3 Å². The molecule has 0 spiro atoms. The van der Waals surface area contributed by atoms with Gasteiger partial charge in [-0.3, -0.25) is 9.59 Å². The predicted molar refractivity (Wildman–Crippen MR) is 95.0 cm³/mol. The molecular weight excluding hydrogens is 334 g/mol. The highest BCUT2D eigenvalue weighted by atomic mass is 16.5. The fraction of sp³-hybridized carbons (Fsp3) is 0.316. The van der Waals surface area contributed by atoms with Crippen LogP contribution >= 0.6 is 0 Å². The summed E-state index contributed by atoms with van der Waals surface area (Å²) in [6.07, 6.45) is 3.72. The SMILES string of the molecule is COc1cc2c(OC[C@H]3NC(=O)[C@@H]4C(C)=C[C@@H]43)nccc2cc1C(N)=O. The summed E-state index contributed by atoms with van der Waals surface area (Å²) in [6, 6.07) is 5.07. The molecule has 2 aliphatic rings. The number of nitrogens with one attached hydrogen (secondary N) is 1. The van der Waals surface area contributed by atoms with Crippen molar-refractivity contribution >= 4 is 22.6 Å². The molecule has 3 N–H and O–H groups in total. The number of fused-ring (bicyclic) bond motifs is 2. The van der Waals surface area contributed by atoms with Gasteiger partial charge in [0.25, 0.3) is 5.91 Å². The Bertz CT molecular complexity index is 953. The van der Waals surface area contributed by atoms with Crippen LogP contribution in [-0.4, -0.2) is 36.6 Å². The summed E-state index contributed by atoms with van der Waals surface area (Å²) in [5, 5.41) is 4.47. The van der Waals surface area contributed by atoms with E-state index in [0.29, 0.717) is 23.8 Å². The third-order valence-corrected chi connectivity index (χ3v) is 5.12. The molecule has 7 nitrogen and oxygen atoms in total. The van der Waals surface area contributed by atoms with Gasteiger partial charge < -0.3 is 20.5 Å². The number of hydrogen-bond donors (Lipinski definition) is 2. The molecule has 134 valence electrons. The molecule has 2 amide bonds. The maximum absolute atomic E-state index is 12.0. The summed E-state index contributed by atoms with van der Waals surface area (Å²) in [4.78, 5) is 27.9. The number of rotatable bonds is 5. The predicted octanol–water partition coefficient (Wildman–Crippen LogP) is 1.41. The Morgan fingerprint density at radius 1 is 1.38 bits per heavy atom. The van der Waals surface area contributed by atoms with E-state index in [9.17, 15) is 9.59 Å². The van der Waals surface area contributed by atoms with Gasteiger partial charge in [0.2, 0.25) is 11.8 Å². The third kappa shape index (κ3) is 2.47. The van der Waals surface area contributed by atoms with Gasteiger partial charge in [-0.25, -0.2) is 4.98 Å². The topological polar surface area (TPSA) is 104 Å². The van der Waals surface area contributed by atoms with Crippen molar-refractivity contribution in [2.45, 2.75) is 13.0 Å². The third-order valence-electron chi connectivity index (χ3n) is 5.12. The molecule has 0 saturated carbocycles. The largest absolute Gasteiger partial charge is 0.496 e. The summed E-state index contributed by atoms with van der Waals surface area (Å²) < 4.78 is 11.2. The summed E-state index contributed by atoms with van der Waals surface area (Å²) in [7, 11) is 1.48. The lowest BCUT2D eigenvalue weighted by molar-refractivity contribution is -0.122. The number of nitrogens with two attached hydrogens (primary N) is 1. The lowest BCUT2D eigenvalue weighted by atomic mass is 9.75. The van der Waals surface area contributed by atoms with Crippen molar-refractivity contribution in [1.82, 2.24) is 10.3 Å². The van der Waals surface area contributed by atoms with Gasteiger partial charge in [-0.15, -0.1) is 0 Å². The number of pyridine rings is 1. The highest BCUT2D eigenvalue weighted by Gasteiger charge is 2.47. The van der Waals surface area contributed by atoms with Crippen LogP contribution in [0.1, 0.15) is 17.3 Å². The van der Waals surface area contributed by atoms with Crippen molar-refractivity contribution in [3.05, 3.63) is 41.6 Å². The number of benzene rings is 1. The lowest BCUT2D eigenvalue weighted by Gasteiger charge is -2.28. The Balaban J connectivity index is 1.61. The van der Waals surface area contributed by atoms with Gasteiger partial charge >= 0.3 is 0 Å². The quantitative estimate of drug-likeness (QED) is 0.791. The van der Waals surface area contributed by atoms with Crippen LogP contribution < -0.4 is 20.5 Å². The van der Waals surface area contributed by atoms with E-state index in [-0.39, 0.29) is 23.8 Å². The lowest BCUT2D eigenvalue weighted by Crippen LogP contribution is -2.35. The first kappa shape index (κ1) is 16.4. The van der Waals surface area contributed by atoms with Gasteiger partial charge in [0, 0.05) is 17.5 Å². The van der Waals surface area contributed by atoms with Crippen LogP contribution in [0.5, 0.6) is 11.6 Å². The Morgan fingerprint density at radius 3 is 2.85 bits per heavy atom. The second kappa shape index (κ2) is 6.01. The molecule has 3 atom stereocenters. The Hall–Kier alpha value is -3.09. The van der Waals surface area contributed by atoms with Gasteiger partial charge in [0.05, 0.1) is 24.6 Å². The van der Waals surface area contributed by atoms with Gasteiger partial charge in [0.15, 0.2) is 0 Å². The van der Waals surface area contributed by atoms with Crippen LogP contribution in [0.15, 0.2) is 36.0 Å². The van der Waals surface area contributed by atoms with Crippen LogP contribution in [0.3, 0.4) is 0 Å². The number of carbonyl (C=O) groups is 2. The van der Waals surface area contributed by atoms with E-state index in [1.165, 1.54) is 7.11 Å². The average molecular weight is 353 g/mol. The van der Waals surface area contributed by atoms with Crippen molar-refractivity contribution in [3.63, 3.8) is 0 Å². The first-order chi connectivity index (χ1) is 12.5. The van der Waals surface area contributed by atoms with Crippen molar-refractivity contribution < 1.29 is 19.1 Å². The number of aromatic nitrogens is 1. The molecule has 4 rings (SSSR count). The molecule has 2 heterocycles. The maximum atomic E-state index is 12.0. The van der Waals surface area contributed by atoms with Gasteiger partial charge in [-0.05, 0) is 30.5 Å². The zero-order valence-corrected chi connectivity index (χ0v) is 14.5. The van der Waals surface area contributed by atoms with E-state index in [1.807, 2.05) is 6.92 Å². The van der Waals surface area contributed by atoms with Crippen LogP contribution in [0, 0.1) is 11.8 Å². The molecule has 1 aliphatic heterocycles. The minimum Gasteiger partial charge on any atom is -0.496 e. The summed E-state index contributed by atoms with van der Waals surface area (Å²) in [5.74, 6) is 0.442. The first-order valence-corrected chi connectivity index (χ1v) is 8.37. The number of carbonyl (C=O) groups excluding carboxylic acids is 2. The molecule has 1 aromatic heterocycles. The smallest absolute Gasteiger partial charge is 0.252 e. The molecule has 1 fully saturated rings. The number of methoxy groups -OCH3 is 1. The monoisotopic (exact) mass is 353 g/mol. The molecule has 2 aromatic rings. The highest BCUT2D eigenvalue weighted by Crippen LogP contribution is 2.40. The van der Waals surface area contributed by atoms with Gasteiger partial charge in [-0.1, -0.05) is 11.6 Å². The van der Waals surface area contributed by atoms with Crippen LogP contribution in [0.25, 0.3) is 10.8 Å². The van der Waals surface area contributed by atoms with Crippen molar-refractivity contribution in [2.24, 2.45) is 17.6 Å². The standard InChI is InChI=1S/C19H19N3O4/c1-9-5-12-14(22-18(24)16(9)12)8-26-19-11-7-15(25-2)13(17(20)23)6-10(11)3-4-21-19/h3-7,12,14,16H,8H2,1-2H3,(H2,20,23)(H,22,24)/t12-,14-,16-/m1/s1. The van der Waals surface area contributed by atoms with Crippen LogP contribution in [0.2, 0.25) is 0 Å². The van der Waals surface area contributed by atoms with Crippen LogP contribution in [-0.2, 0) is 4.79 Å². The number of primary amides is 1. The minimum absolute atomic E-state index is 0.0257. The van der Waals surface area contributed by atoms with Gasteiger partial charge in [-0.2, -0.15) is 0 Å². The number of amides is 2. The number of ether oxygens (including phenoxy) is 2. The Labute approximate surface area is 150 Å². The van der Waals surface area contributed by atoms with E-state index < -0.39 is 5.91 Å². The van der Waals surface area contributed by atoms with E-state index in [1.54, 1.807) is 24.4 Å². The molecular formula is C19H19N3O4. The summed E-state index contributed by atoms with van der Waals surface area (Å²) in [6.45, 7) is 2.29. The zero-order valence-electron chi connectivity index (χ0n) is 14.5. The fourth-order valence-corrected chi connectivity index (χ4v) is 3.76. The van der Waals surface area contributed by atoms with E-state index in [2.05, 4.69) is 16.4 Å². The molecule has 26 heavy (non-hydrogen) atoms. The number of nitrogens with zero attached hydrogens (tertiary/aromatic N) is 1. The average Bonchev–Trinajstić information content (AvgIpc) is 2.87. The molecule has 1 aromatic carbocycles. The molecule has 1 saturated heterocycles. The van der Waals surface area contributed by atoms with Crippen molar-refractivity contribution in [2.75, 3.05) is 13.7 Å². The molecule has 0 unspecified atom stereocenters. The molecule has 0 radical (unpaired) electrons. The fourth-order valence-electron chi connectivity index (χ4n) is 3.76. The highest BCUT2D eigenvalue weighted by molar-refractivity contribution is 6.01. The maximum Gasteiger partial charge on any atom is 0.252 e. The molecule has 7 heteroatoms. The van der Waals surface area contributed by atoms with E-state index in [4.69, 9.17) is 15.2 Å². The number of hydrogen-bond acceptors (Lipinski definition) is 5. The summed E-state index contributed by atoms with van der Waals surface area (Å²) in [5.41, 5.74) is 6.82. The minimum atomic E-state index is -0.560. The van der Waals surface area contributed by atoms with Crippen molar-refractivity contribution in [1.29, 1.82) is 0 Å². The van der Waals surface area contributed by atoms with Crippen LogP contribution in [0.4, 0.5) is 0 Å². The first-order valence-electron chi connectivity index (χ1n) is 8.37. The normalized spacial score (nSPS) is 23.7. The Kier molecular flexibility index (Phi) is 3.79. The molecule has 0 bridgehead atoms.